The zero-order valence-corrected chi connectivity index (χ0v) is 14.9. The van der Waals surface area contributed by atoms with Crippen molar-refractivity contribution in [2.45, 2.75) is 32.4 Å². The van der Waals surface area contributed by atoms with E-state index in [1.807, 2.05) is 35.6 Å². The molecule has 0 saturated carbocycles. The number of quaternary nitrogens is 1. The molecule has 3 N–H and O–H groups in total. The highest BCUT2D eigenvalue weighted by molar-refractivity contribution is 6.32. The first-order valence-corrected chi connectivity index (χ1v) is 8.45. The maximum Gasteiger partial charge on any atom is 0.289 e. The molecule has 0 fully saturated rings. The molecular weight excluding hydrogens is 342 g/mol. The minimum absolute atomic E-state index is 0.0359. The van der Waals surface area contributed by atoms with Gasteiger partial charge >= 0.3 is 0 Å². The van der Waals surface area contributed by atoms with Crippen LogP contribution in [0.15, 0.2) is 48.5 Å². The molecule has 0 aliphatic rings. The Morgan fingerprint density at radius 3 is 2.56 bits per heavy atom. The van der Waals surface area contributed by atoms with Gasteiger partial charge in [0.2, 0.25) is 0 Å². The van der Waals surface area contributed by atoms with Crippen LogP contribution in [0.1, 0.15) is 31.9 Å². The van der Waals surface area contributed by atoms with E-state index in [9.17, 15) is 14.9 Å². The first-order chi connectivity index (χ1) is 11.9. The highest BCUT2D eigenvalue weighted by atomic mass is 35.5. The number of halogens is 1. The van der Waals surface area contributed by atoms with Crippen LogP contribution >= 0.6 is 11.6 Å². The number of nitro groups is 1. The van der Waals surface area contributed by atoms with Gasteiger partial charge in [-0.25, -0.2) is 0 Å². The van der Waals surface area contributed by atoms with E-state index in [-0.39, 0.29) is 22.7 Å². The quantitative estimate of drug-likeness (QED) is 0.585. The number of benzene rings is 2. The van der Waals surface area contributed by atoms with E-state index in [1.165, 1.54) is 12.1 Å². The molecular formula is C18H21ClN3O3+. The molecule has 0 aromatic heterocycles. The Morgan fingerprint density at radius 2 is 1.96 bits per heavy atom. The maximum atomic E-state index is 12.8. The number of carbonyl (C=O) groups is 1. The molecule has 2 aromatic carbocycles. The van der Waals surface area contributed by atoms with Crippen molar-refractivity contribution >= 4 is 28.9 Å². The van der Waals surface area contributed by atoms with E-state index >= 15 is 0 Å². The van der Waals surface area contributed by atoms with Gasteiger partial charge in [-0.2, -0.15) is 0 Å². The third-order valence-corrected chi connectivity index (χ3v) is 4.34. The highest BCUT2D eigenvalue weighted by Gasteiger charge is 2.26. The second-order valence-electron chi connectivity index (χ2n) is 5.88. The minimum atomic E-state index is -0.571. The fourth-order valence-corrected chi connectivity index (χ4v) is 2.61. The standard InChI is InChI=1S/C18H20ClN3O3/c1-3-12(2)20-17(13-7-5-4-6-8-13)18(23)21-14-9-10-15(19)16(11-14)22(24)25/h4-12,17,20H,3H2,1-2H3,(H,21,23)/p+1/t12-,17-/m1/s1. The number of hydrogen-bond acceptors (Lipinski definition) is 3. The van der Waals surface area contributed by atoms with Crippen LogP contribution in [-0.2, 0) is 4.79 Å². The Hall–Kier alpha value is -2.44. The lowest BCUT2D eigenvalue weighted by Crippen LogP contribution is -2.91. The first kappa shape index (κ1) is 18.9. The van der Waals surface area contributed by atoms with Crippen molar-refractivity contribution < 1.29 is 15.0 Å². The van der Waals surface area contributed by atoms with E-state index in [0.717, 1.165) is 12.0 Å². The van der Waals surface area contributed by atoms with Crippen LogP contribution in [0.4, 0.5) is 11.4 Å². The fourth-order valence-electron chi connectivity index (χ4n) is 2.43. The summed E-state index contributed by atoms with van der Waals surface area (Å²) in [5.74, 6) is -0.233. The molecule has 1 amide bonds. The fraction of sp³-hybridized carbons (Fsp3) is 0.278. The summed E-state index contributed by atoms with van der Waals surface area (Å²) in [6.07, 6.45) is 0.920. The number of anilines is 1. The molecule has 6 nitrogen and oxygen atoms in total. The van der Waals surface area contributed by atoms with Crippen molar-refractivity contribution in [1.82, 2.24) is 0 Å². The average Bonchev–Trinajstić information content (AvgIpc) is 2.61. The molecule has 0 aliphatic heterocycles. The number of nitrogens with zero attached hydrogens (tertiary/aromatic N) is 1. The van der Waals surface area contributed by atoms with Gasteiger partial charge in [0.15, 0.2) is 6.04 Å². The van der Waals surface area contributed by atoms with Crippen molar-refractivity contribution in [3.63, 3.8) is 0 Å². The first-order valence-electron chi connectivity index (χ1n) is 8.07. The van der Waals surface area contributed by atoms with Crippen LogP contribution < -0.4 is 10.6 Å². The smallest absolute Gasteiger partial charge is 0.289 e. The summed E-state index contributed by atoms with van der Waals surface area (Å²) >= 11 is 5.81. The van der Waals surface area contributed by atoms with Gasteiger partial charge in [-0.05, 0) is 25.5 Å². The molecule has 132 valence electrons. The molecule has 2 aromatic rings. The Balaban J connectivity index is 2.25. The maximum absolute atomic E-state index is 12.8. The van der Waals surface area contributed by atoms with E-state index in [4.69, 9.17) is 11.6 Å². The monoisotopic (exact) mass is 362 g/mol. The average molecular weight is 363 g/mol. The van der Waals surface area contributed by atoms with Gasteiger partial charge in [-0.15, -0.1) is 0 Å². The van der Waals surface area contributed by atoms with Gasteiger partial charge in [0.25, 0.3) is 11.6 Å². The lowest BCUT2D eigenvalue weighted by Gasteiger charge is -2.19. The third-order valence-electron chi connectivity index (χ3n) is 4.02. The van der Waals surface area contributed by atoms with Crippen molar-refractivity contribution in [3.8, 4) is 0 Å². The summed E-state index contributed by atoms with van der Waals surface area (Å²) in [6, 6.07) is 13.5. The van der Waals surface area contributed by atoms with Crippen LogP contribution in [-0.4, -0.2) is 16.9 Å². The van der Waals surface area contributed by atoms with Crippen LogP contribution in [0, 0.1) is 10.1 Å². The number of nitro benzene ring substituents is 1. The molecule has 0 heterocycles. The summed E-state index contributed by atoms with van der Waals surface area (Å²) in [6.45, 7) is 4.11. The summed E-state index contributed by atoms with van der Waals surface area (Å²) in [5.41, 5.74) is 0.991. The van der Waals surface area contributed by atoms with Crippen LogP contribution in [0.5, 0.6) is 0 Å². The summed E-state index contributed by atoms with van der Waals surface area (Å²) in [4.78, 5) is 23.2. The highest BCUT2D eigenvalue weighted by Crippen LogP contribution is 2.27. The molecule has 2 rings (SSSR count). The number of rotatable bonds is 7. The predicted octanol–water partition coefficient (Wildman–Crippen LogP) is 3.29. The van der Waals surface area contributed by atoms with Gasteiger partial charge < -0.3 is 10.6 Å². The predicted molar refractivity (Wildman–Crippen MR) is 97.6 cm³/mol. The summed E-state index contributed by atoms with van der Waals surface area (Å²) in [7, 11) is 0. The number of carbonyl (C=O) groups excluding carboxylic acids is 1. The van der Waals surface area contributed by atoms with E-state index < -0.39 is 11.0 Å². The minimum Gasteiger partial charge on any atom is -0.330 e. The van der Waals surface area contributed by atoms with Crippen LogP contribution in [0.25, 0.3) is 0 Å². The number of amides is 1. The van der Waals surface area contributed by atoms with Crippen molar-refractivity contribution in [1.29, 1.82) is 0 Å². The number of hydrogen-bond donors (Lipinski definition) is 2. The lowest BCUT2D eigenvalue weighted by molar-refractivity contribution is -0.712. The van der Waals surface area contributed by atoms with E-state index in [1.54, 1.807) is 6.07 Å². The Kier molecular flexibility index (Phi) is 6.50. The molecule has 25 heavy (non-hydrogen) atoms. The number of nitrogens with two attached hydrogens (primary N) is 1. The van der Waals surface area contributed by atoms with Crippen molar-refractivity contribution in [3.05, 3.63) is 69.2 Å². The number of nitrogens with one attached hydrogen (secondary N) is 1. The summed E-state index contributed by atoms with van der Waals surface area (Å²) < 4.78 is 0. The zero-order valence-electron chi connectivity index (χ0n) is 14.1. The largest absolute Gasteiger partial charge is 0.330 e. The topological polar surface area (TPSA) is 88.8 Å². The van der Waals surface area contributed by atoms with Gasteiger partial charge in [-0.1, -0.05) is 48.9 Å². The van der Waals surface area contributed by atoms with Crippen LogP contribution in [0.2, 0.25) is 5.02 Å². The Bertz CT molecular complexity index is 752. The second kappa shape index (κ2) is 8.60. The molecule has 0 spiro atoms. The Labute approximate surface area is 151 Å². The Morgan fingerprint density at radius 1 is 1.28 bits per heavy atom. The molecule has 0 aliphatic carbocycles. The van der Waals surface area contributed by atoms with Gasteiger partial charge in [0.1, 0.15) is 5.02 Å². The van der Waals surface area contributed by atoms with Gasteiger partial charge in [-0.3, -0.25) is 14.9 Å². The van der Waals surface area contributed by atoms with E-state index in [0.29, 0.717) is 5.69 Å². The van der Waals surface area contributed by atoms with E-state index in [2.05, 4.69) is 19.2 Å². The van der Waals surface area contributed by atoms with Crippen molar-refractivity contribution in [2.75, 3.05) is 5.32 Å². The van der Waals surface area contributed by atoms with Gasteiger partial charge in [0.05, 0.1) is 11.0 Å². The third kappa shape index (κ3) is 5.01. The molecule has 0 unspecified atom stereocenters. The second-order valence-corrected chi connectivity index (χ2v) is 6.29. The van der Waals surface area contributed by atoms with Crippen LogP contribution in [0.3, 0.4) is 0 Å². The molecule has 2 atom stereocenters. The lowest BCUT2D eigenvalue weighted by atomic mass is 10.0. The zero-order chi connectivity index (χ0) is 18.4. The van der Waals surface area contributed by atoms with Crippen molar-refractivity contribution in [2.24, 2.45) is 0 Å². The molecule has 7 heteroatoms. The molecule has 0 saturated heterocycles. The normalized spacial score (nSPS) is 13.1. The summed E-state index contributed by atoms with van der Waals surface area (Å²) in [5, 5.41) is 15.8. The SMILES string of the molecule is CC[C@@H](C)[NH2+][C@@H](C(=O)Nc1ccc(Cl)c([N+](=O)[O-])c1)c1ccccc1. The molecule has 0 radical (unpaired) electrons. The van der Waals surface area contributed by atoms with Gasteiger partial charge in [0, 0.05) is 17.3 Å². The molecule has 0 bridgehead atoms.